The number of hydrogen-bond acceptors (Lipinski definition) is 4. The monoisotopic (exact) mass is 260 g/mol. The standard InChI is InChI=1S/C12H24N2O2S/c1-14(9-10-5-4-8-13-10)11-6-3-7-12(11)17(2,15)16/h10-13H,3-9H2,1-2H3. The second-order valence-corrected chi connectivity index (χ2v) is 7.86. The number of hydrogen-bond donors (Lipinski definition) is 1. The van der Waals surface area contributed by atoms with Crippen LogP contribution in [0.3, 0.4) is 0 Å². The van der Waals surface area contributed by atoms with Gasteiger partial charge >= 0.3 is 0 Å². The first-order valence-corrected chi connectivity index (χ1v) is 8.56. The predicted octanol–water partition coefficient (Wildman–Crippen LogP) is 0.636. The normalized spacial score (nSPS) is 34.6. The average molecular weight is 260 g/mol. The minimum atomic E-state index is -2.89. The third-order valence-electron chi connectivity index (χ3n) is 4.20. The fraction of sp³-hybridized carbons (Fsp3) is 1.00. The lowest BCUT2D eigenvalue weighted by Crippen LogP contribution is -2.46. The summed E-state index contributed by atoms with van der Waals surface area (Å²) in [5.41, 5.74) is 0. The maximum atomic E-state index is 11.7. The quantitative estimate of drug-likeness (QED) is 0.806. The largest absolute Gasteiger partial charge is 0.313 e. The number of nitrogens with one attached hydrogen (secondary N) is 1. The summed E-state index contributed by atoms with van der Waals surface area (Å²) < 4.78 is 23.5. The van der Waals surface area contributed by atoms with Gasteiger partial charge in [0.05, 0.1) is 5.25 Å². The summed E-state index contributed by atoms with van der Waals surface area (Å²) in [6.07, 6.45) is 6.77. The van der Waals surface area contributed by atoms with Gasteiger partial charge in [0.2, 0.25) is 0 Å². The first kappa shape index (κ1) is 13.3. The number of rotatable bonds is 4. The molecule has 100 valence electrons. The van der Waals surface area contributed by atoms with E-state index in [0.29, 0.717) is 6.04 Å². The van der Waals surface area contributed by atoms with E-state index in [1.807, 2.05) is 0 Å². The van der Waals surface area contributed by atoms with Crippen molar-refractivity contribution in [3.05, 3.63) is 0 Å². The minimum absolute atomic E-state index is 0.145. The van der Waals surface area contributed by atoms with Gasteiger partial charge in [-0.2, -0.15) is 0 Å². The van der Waals surface area contributed by atoms with Crippen molar-refractivity contribution in [2.75, 3.05) is 26.4 Å². The number of sulfone groups is 1. The molecule has 0 radical (unpaired) electrons. The van der Waals surface area contributed by atoms with E-state index in [4.69, 9.17) is 0 Å². The van der Waals surface area contributed by atoms with E-state index in [2.05, 4.69) is 17.3 Å². The van der Waals surface area contributed by atoms with Gasteiger partial charge in [0.25, 0.3) is 0 Å². The summed E-state index contributed by atoms with van der Waals surface area (Å²) in [5.74, 6) is 0. The molecular weight excluding hydrogens is 236 g/mol. The predicted molar refractivity (Wildman–Crippen MR) is 69.9 cm³/mol. The molecule has 1 N–H and O–H groups in total. The topological polar surface area (TPSA) is 49.4 Å². The van der Waals surface area contributed by atoms with Crippen molar-refractivity contribution in [1.82, 2.24) is 10.2 Å². The van der Waals surface area contributed by atoms with Crippen molar-refractivity contribution >= 4 is 9.84 Å². The third-order valence-corrected chi connectivity index (χ3v) is 5.85. The Morgan fingerprint density at radius 2 is 2.00 bits per heavy atom. The Bertz CT molecular complexity index is 350. The van der Waals surface area contributed by atoms with E-state index < -0.39 is 9.84 Å². The molecule has 2 rings (SSSR count). The van der Waals surface area contributed by atoms with Crippen molar-refractivity contribution in [2.45, 2.75) is 49.4 Å². The van der Waals surface area contributed by atoms with Crippen LogP contribution in [0.4, 0.5) is 0 Å². The molecule has 5 heteroatoms. The molecule has 0 aromatic heterocycles. The summed E-state index contributed by atoms with van der Waals surface area (Å²) in [6.45, 7) is 2.09. The Morgan fingerprint density at radius 1 is 1.24 bits per heavy atom. The SMILES string of the molecule is CN(CC1CCCN1)C1CCCC1S(C)(=O)=O. The van der Waals surface area contributed by atoms with E-state index in [9.17, 15) is 8.42 Å². The fourth-order valence-corrected chi connectivity index (χ4v) is 4.82. The molecule has 0 amide bonds. The maximum Gasteiger partial charge on any atom is 0.151 e. The highest BCUT2D eigenvalue weighted by atomic mass is 32.2. The first-order valence-electron chi connectivity index (χ1n) is 6.61. The molecule has 1 saturated carbocycles. The van der Waals surface area contributed by atoms with Gasteiger partial charge in [-0.3, -0.25) is 0 Å². The van der Waals surface area contributed by atoms with Crippen molar-refractivity contribution < 1.29 is 8.42 Å². The van der Waals surface area contributed by atoms with Gasteiger partial charge in [0, 0.05) is 24.9 Å². The van der Waals surface area contributed by atoms with Crippen LogP contribution in [0.2, 0.25) is 0 Å². The highest BCUT2D eigenvalue weighted by Gasteiger charge is 2.37. The van der Waals surface area contributed by atoms with Crippen LogP contribution in [-0.2, 0) is 9.84 Å². The molecule has 1 saturated heterocycles. The zero-order valence-electron chi connectivity index (χ0n) is 10.9. The van der Waals surface area contributed by atoms with Gasteiger partial charge in [-0.05, 0) is 39.3 Å². The Labute approximate surface area is 105 Å². The van der Waals surface area contributed by atoms with Crippen LogP contribution in [-0.4, -0.2) is 57.0 Å². The van der Waals surface area contributed by atoms with E-state index in [1.54, 1.807) is 0 Å². The highest BCUT2D eigenvalue weighted by molar-refractivity contribution is 7.91. The van der Waals surface area contributed by atoms with E-state index >= 15 is 0 Å². The Balaban J connectivity index is 1.95. The van der Waals surface area contributed by atoms with Crippen LogP contribution in [0, 0.1) is 0 Å². The second kappa shape index (κ2) is 5.24. The van der Waals surface area contributed by atoms with E-state index in [-0.39, 0.29) is 11.3 Å². The molecule has 1 heterocycles. The van der Waals surface area contributed by atoms with Crippen molar-refractivity contribution in [1.29, 1.82) is 0 Å². The van der Waals surface area contributed by atoms with Crippen LogP contribution in [0.25, 0.3) is 0 Å². The molecule has 3 atom stereocenters. The molecular formula is C12H24N2O2S. The fourth-order valence-electron chi connectivity index (χ4n) is 3.31. The number of likely N-dealkylation sites (N-methyl/N-ethyl adjacent to an activating group) is 1. The molecule has 1 aliphatic heterocycles. The van der Waals surface area contributed by atoms with Crippen LogP contribution in [0.5, 0.6) is 0 Å². The van der Waals surface area contributed by atoms with E-state index in [1.165, 1.54) is 19.1 Å². The second-order valence-electron chi connectivity index (χ2n) is 5.60. The third kappa shape index (κ3) is 3.20. The van der Waals surface area contributed by atoms with Crippen molar-refractivity contribution in [3.63, 3.8) is 0 Å². The zero-order valence-corrected chi connectivity index (χ0v) is 11.7. The lowest BCUT2D eigenvalue weighted by atomic mass is 10.1. The first-order chi connectivity index (χ1) is 7.98. The van der Waals surface area contributed by atoms with Crippen LogP contribution >= 0.6 is 0 Å². The molecule has 2 fully saturated rings. The van der Waals surface area contributed by atoms with Crippen LogP contribution < -0.4 is 5.32 Å². The van der Waals surface area contributed by atoms with Gasteiger partial charge in [0.1, 0.15) is 0 Å². The maximum absolute atomic E-state index is 11.7. The molecule has 17 heavy (non-hydrogen) atoms. The van der Waals surface area contributed by atoms with Crippen molar-refractivity contribution in [2.24, 2.45) is 0 Å². The zero-order chi connectivity index (χ0) is 12.5. The lowest BCUT2D eigenvalue weighted by molar-refractivity contribution is 0.226. The Hall–Kier alpha value is -0.130. The minimum Gasteiger partial charge on any atom is -0.313 e. The smallest absolute Gasteiger partial charge is 0.151 e. The summed E-state index contributed by atoms with van der Waals surface area (Å²) in [7, 11) is -0.815. The van der Waals surface area contributed by atoms with Gasteiger partial charge in [-0.15, -0.1) is 0 Å². The van der Waals surface area contributed by atoms with Gasteiger partial charge in [-0.25, -0.2) is 8.42 Å². The molecule has 1 aliphatic carbocycles. The van der Waals surface area contributed by atoms with Crippen LogP contribution in [0.15, 0.2) is 0 Å². The summed E-state index contributed by atoms with van der Waals surface area (Å²) >= 11 is 0. The molecule has 0 bridgehead atoms. The van der Waals surface area contributed by atoms with Gasteiger partial charge < -0.3 is 10.2 Å². The van der Waals surface area contributed by atoms with Gasteiger partial charge in [-0.1, -0.05) is 6.42 Å². The Morgan fingerprint density at radius 3 is 2.59 bits per heavy atom. The van der Waals surface area contributed by atoms with E-state index in [0.717, 1.165) is 32.4 Å². The molecule has 4 nitrogen and oxygen atoms in total. The lowest BCUT2D eigenvalue weighted by Gasteiger charge is -2.30. The molecule has 0 aromatic carbocycles. The van der Waals surface area contributed by atoms with Gasteiger partial charge in [0.15, 0.2) is 9.84 Å². The highest BCUT2D eigenvalue weighted by Crippen LogP contribution is 2.29. The summed E-state index contributed by atoms with van der Waals surface area (Å²) in [4.78, 5) is 2.27. The molecule has 3 unspecified atom stereocenters. The molecule has 0 spiro atoms. The summed E-state index contributed by atoms with van der Waals surface area (Å²) in [6, 6.07) is 0.785. The summed E-state index contributed by atoms with van der Waals surface area (Å²) in [5, 5.41) is 3.33. The van der Waals surface area contributed by atoms with Crippen molar-refractivity contribution in [3.8, 4) is 0 Å². The average Bonchev–Trinajstić information content (AvgIpc) is 2.85. The van der Waals surface area contributed by atoms with Crippen LogP contribution in [0.1, 0.15) is 32.1 Å². The number of nitrogens with zero attached hydrogens (tertiary/aromatic N) is 1. The molecule has 0 aromatic rings. The Kier molecular flexibility index (Phi) is 4.10. The molecule has 2 aliphatic rings.